The highest BCUT2D eigenvalue weighted by Gasteiger charge is 2.21. The van der Waals surface area contributed by atoms with Gasteiger partial charge in [0.15, 0.2) is 17.6 Å². The van der Waals surface area contributed by atoms with Crippen LogP contribution in [0.3, 0.4) is 0 Å². The lowest BCUT2D eigenvalue weighted by molar-refractivity contribution is 0.0759. The van der Waals surface area contributed by atoms with Crippen LogP contribution < -0.4 is 20.1 Å². The van der Waals surface area contributed by atoms with Crippen LogP contribution in [-0.4, -0.2) is 28.5 Å². The number of anilines is 1. The number of benzene rings is 3. The zero-order valence-electron chi connectivity index (χ0n) is 16.8. The number of carbonyl (C=O) groups is 1. The molecule has 1 aromatic heterocycles. The molecule has 0 aliphatic carbocycles. The van der Waals surface area contributed by atoms with Gasteiger partial charge in [-0.1, -0.05) is 54.6 Å². The van der Waals surface area contributed by atoms with Crippen LogP contribution in [0.4, 0.5) is 10.5 Å². The Morgan fingerprint density at radius 1 is 1.03 bits per heavy atom. The Labute approximate surface area is 179 Å². The molecule has 2 N–H and O–H groups in total. The molecule has 3 aromatic carbocycles. The van der Waals surface area contributed by atoms with Gasteiger partial charge in [-0.3, -0.25) is 4.68 Å². The largest absolute Gasteiger partial charge is 0.486 e. The van der Waals surface area contributed by atoms with Gasteiger partial charge in [0.25, 0.3) is 0 Å². The van der Waals surface area contributed by atoms with Crippen molar-refractivity contribution in [2.24, 2.45) is 0 Å². The van der Waals surface area contributed by atoms with Crippen molar-refractivity contribution in [3.05, 3.63) is 84.7 Å². The van der Waals surface area contributed by atoms with Crippen molar-refractivity contribution in [1.29, 1.82) is 0 Å². The number of hydrogen-bond donors (Lipinski definition) is 2. The molecule has 7 nitrogen and oxygen atoms in total. The van der Waals surface area contributed by atoms with Crippen LogP contribution in [0.15, 0.2) is 79.1 Å². The molecule has 5 rings (SSSR count). The Hall–Kier alpha value is -4.00. The van der Waals surface area contributed by atoms with Crippen LogP contribution in [0.5, 0.6) is 11.5 Å². The number of urea groups is 1. The molecule has 0 fully saturated rings. The fraction of sp³-hybridized carbons (Fsp3) is 0.167. The molecule has 1 aliphatic heterocycles. The average molecular weight is 414 g/mol. The number of nitrogens with one attached hydrogen (secondary N) is 2. The second kappa shape index (κ2) is 8.39. The molecule has 1 atom stereocenters. The molecular weight excluding hydrogens is 392 g/mol. The zero-order chi connectivity index (χ0) is 21.0. The second-order valence-corrected chi connectivity index (χ2v) is 7.39. The highest BCUT2D eigenvalue weighted by molar-refractivity contribution is 5.90. The molecular formula is C24H22N4O3. The number of nitrogens with zero attached hydrogens (tertiary/aromatic N) is 2. The summed E-state index contributed by atoms with van der Waals surface area (Å²) in [5.74, 6) is 1.49. The van der Waals surface area contributed by atoms with Crippen molar-refractivity contribution in [1.82, 2.24) is 15.1 Å². The third kappa shape index (κ3) is 4.30. The maximum Gasteiger partial charge on any atom is 0.319 e. The van der Waals surface area contributed by atoms with Gasteiger partial charge in [-0.05, 0) is 28.5 Å². The number of amides is 2. The van der Waals surface area contributed by atoms with Crippen molar-refractivity contribution in [2.45, 2.75) is 19.2 Å². The summed E-state index contributed by atoms with van der Waals surface area (Å²) in [5, 5.41) is 12.3. The van der Waals surface area contributed by atoms with Gasteiger partial charge in [-0.15, -0.1) is 0 Å². The second-order valence-electron chi connectivity index (χ2n) is 7.39. The Kier molecular flexibility index (Phi) is 5.14. The van der Waals surface area contributed by atoms with E-state index in [1.54, 1.807) is 17.1 Å². The van der Waals surface area contributed by atoms with Crippen molar-refractivity contribution in [3.63, 3.8) is 0 Å². The predicted molar refractivity (Wildman–Crippen MR) is 118 cm³/mol. The topological polar surface area (TPSA) is 77.4 Å². The lowest BCUT2D eigenvalue weighted by Crippen LogP contribution is -2.33. The van der Waals surface area contributed by atoms with Crippen molar-refractivity contribution >= 4 is 22.5 Å². The van der Waals surface area contributed by atoms with E-state index >= 15 is 0 Å². The molecule has 0 saturated heterocycles. The number of para-hydroxylation sites is 2. The SMILES string of the molecule is O=C(NCc1cccc2ccccc12)Nc1cnn(CC2COc3ccccc3O2)c1. The Balaban J connectivity index is 1.16. The van der Waals surface area contributed by atoms with Crippen LogP contribution in [0.1, 0.15) is 5.56 Å². The summed E-state index contributed by atoms with van der Waals surface area (Å²) < 4.78 is 13.4. The molecule has 1 unspecified atom stereocenters. The van der Waals surface area contributed by atoms with Crippen LogP contribution in [0, 0.1) is 0 Å². The van der Waals surface area contributed by atoms with E-state index < -0.39 is 0 Å². The summed E-state index contributed by atoms with van der Waals surface area (Å²) in [6, 6.07) is 21.5. The first-order valence-corrected chi connectivity index (χ1v) is 10.2. The quantitative estimate of drug-likeness (QED) is 0.513. The van der Waals surface area contributed by atoms with E-state index in [0.717, 1.165) is 27.8 Å². The van der Waals surface area contributed by atoms with Gasteiger partial charge < -0.3 is 20.1 Å². The number of hydrogen-bond acceptors (Lipinski definition) is 4. The highest BCUT2D eigenvalue weighted by atomic mass is 16.6. The molecule has 1 aliphatic rings. The summed E-state index contributed by atoms with van der Waals surface area (Å²) in [7, 11) is 0. The Morgan fingerprint density at radius 3 is 2.77 bits per heavy atom. The van der Waals surface area contributed by atoms with Gasteiger partial charge >= 0.3 is 6.03 Å². The van der Waals surface area contributed by atoms with E-state index in [1.807, 2.05) is 48.5 Å². The Morgan fingerprint density at radius 2 is 1.84 bits per heavy atom. The Bertz CT molecular complexity index is 1210. The minimum atomic E-state index is -0.279. The lowest BCUT2D eigenvalue weighted by Gasteiger charge is -2.26. The van der Waals surface area contributed by atoms with E-state index in [1.165, 1.54) is 0 Å². The molecule has 0 spiro atoms. The molecule has 0 radical (unpaired) electrons. The molecule has 0 bridgehead atoms. The summed E-state index contributed by atoms with van der Waals surface area (Å²) in [5.41, 5.74) is 1.69. The third-order valence-corrected chi connectivity index (χ3v) is 5.17. The normalized spacial score (nSPS) is 14.9. The lowest BCUT2D eigenvalue weighted by atomic mass is 10.0. The molecule has 7 heteroatoms. The van der Waals surface area contributed by atoms with E-state index in [4.69, 9.17) is 9.47 Å². The van der Waals surface area contributed by atoms with E-state index in [0.29, 0.717) is 25.4 Å². The molecule has 0 saturated carbocycles. The maximum atomic E-state index is 12.4. The predicted octanol–water partition coefficient (Wildman–Crippen LogP) is 4.20. The van der Waals surface area contributed by atoms with Crippen molar-refractivity contribution < 1.29 is 14.3 Å². The molecule has 4 aromatic rings. The molecule has 156 valence electrons. The first-order valence-electron chi connectivity index (χ1n) is 10.2. The fourth-order valence-electron chi connectivity index (χ4n) is 3.69. The number of ether oxygens (including phenoxy) is 2. The highest BCUT2D eigenvalue weighted by Crippen LogP contribution is 2.31. The summed E-state index contributed by atoms with van der Waals surface area (Å²) in [6.45, 7) is 1.41. The summed E-state index contributed by atoms with van der Waals surface area (Å²) >= 11 is 0. The van der Waals surface area contributed by atoms with E-state index in [2.05, 4.69) is 33.9 Å². The first-order chi connectivity index (χ1) is 15.2. The van der Waals surface area contributed by atoms with Gasteiger partial charge in [0, 0.05) is 12.7 Å². The smallest absolute Gasteiger partial charge is 0.319 e. The third-order valence-electron chi connectivity index (χ3n) is 5.17. The number of fused-ring (bicyclic) bond motifs is 2. The van der Waals surface area contributed by atoms with Gasteiger partial charge in [0.05, 0.1) is 18.4 Å². The van der Waals surface area contributed by atoms with Gasteiger partial charge in [0.1, 0.15) is 6.61 Å². The summed E-state index contributed by atoms with van der Waals surface area (Å²) in [6.07, 6.45) is 3.25. The molecule has 2 heterocycles. The monoisotopic (exact) mass is 414 g/mol. The summed E-state index contributed by atoms with van der Waals surface area (Å²) in [4.78, 5) is 12.4. The van der Waals surface area contributed by atoms with Crippen LogP contribution >= 0.6 is 0 Å². The molecule has 31 heavy (non-hydrogen) atoms. The van der Waals surface area contributed by atoms with Crippen LogP contribution in [-0.2, 0) is 13.1 Å². The zero-order valence-corrected chi connectivity index (χ0v) is 16.8. The van der Waals surface area contributed by atoms with Crippen LogP contribution in [0.25, 0.3) is 10.8 Å². The maximum absolute atomic E-state index is 12.4. The number of carbonyl (C=O) groups excluding carboxylic acids is 1. The number of aromatic nitrogens is 2. The van der Waals surface area contributed by atoms with Crippen molar-refractivity contribution in [2.75, 3.05) is 11.9 Å². The van der Waals surface area contributed by atoms with Gasteiger partial charge in [-0.25, -0.2) is 4.79 Å². The van der Waals surface area contributed by atoms with Crippen molar-refractivity contribution in [3.8, 4) is 11.5 Å². The number of rotatable bonds is 5. The fourth-order valence-corrected chi connectivity index (χ4v) is 3.69. The van der Waals surface area contributed by atoms with Gasteiger partial charge in [-0.2, -0.15) is 5.10 Å². The molecule has 2 amide bonds. The standard InChI is InChI=1S/C24H22N4O3/c29-24(25-12-18-8-5-7-17-6-1-2-9-21(17)18)27-19-13-26-28(14-19)15-20-16-30-22-10-3-4-11-23(22)31-20/h1-11,13-14,20H,12,15-16H2,(H2,25,27,29). The van der Waals surface area contributed by atoms with Crippen LogP contribution in [0.2, 0.25) is 0 Å². The first kappa shape index (κ1) is 19.0. The average Bonchev–Trinajstić information content (AvgIpc) is 3.24. The minimum Gasteiger partial charge on any atom is -0.486 e. The minimum absolute atomic E-state index is 0.150. The van der Waals surface area contributed by atoms with E-state index in [-0.39, 0.29) is 12.1 Å². The van der Waals surface area contributed by atoms with E-state index in [9.17, 15) is 4.79 Å². The van der Waals surface area contributed by atoms with Gasteiger partial charge in [0.2, 0.25) is 0 Å².